The fourth-order valence-corrected chi connectivity index (χ4v) is 3.90. The van der Waals surface area contributed by atoms with Crippen LogP contribution in [0.4, 0.5) is 5.69 Å². The lowest BCUT2D eigenvalue weighted by Gasteiger charge is -2.30. The Balaban J connectivity index is 1.51. The van der Waals surface area contributed by atoms with Crippen molar-refractivity contribution in [3.8, 4) is 11.5 Å². The maximum Gasteiger partial charge on any atom is 0.333 e. The first-order chi connectivity index (χ1) is 15.9. The van der Waals surface area contributed by atoms with Crippen LogP contribution in [0, 0.1) is 0 Å². The lowest BCUT2D eigenvalue weighted by atomic mass is 10.1. The van der Waals surface area contributed by atoms with E-state index in [1.807, 2.05) is 38.1 Å². The smallest absolute Gasteiger partial charge is 0.333 e. The molecule has 2 atom stereocenters. The molecule has 33 heavy (non-hydrogen) atoms. The Morgan fingerprint density at radius 1 is 1.00 bits per heavy atom. The SMILES string of the molecule is CC(C)OC(Cc1cccc(OCC(O)COc2ccccc2N2CCCCC2)c1)C(=O)O. The summed E-state index contributed by atoms with van der Waals surface area (Å²) in [5.74, 6) is 0.340. The molecule has 0 radical (unpaired) electrons. The minimum Gasteiger partial charge on any atom is -0.491 e. The molecule has 1 fully saturated rings. The van der Waals surface area contributed by atoms with Gasteiger partial charge in [-0.25, -0.2) is 4.79 Å². The number of hydrogen-bond acceptors (Lipinski definition) is 6. The zero-order valence-corrected chi connectivity index (χ0v) is 19.5. The quantitative estimate of drug-likeness (QED) is 0.499. The van der Waals surface area contributed by atoms with Gasteiger partial charge in [-0.3, -0.25) is 0 Å². The highest BCUT2D eigenvalue weighted by molar-refractivity contribution is 5.72. The third-order valence-electron chi connectivity index (χ3n) is 5.47. The van der Waals surface area contributed by atoms with E-state index in [1.54, 1.807) is 18.2 Å². The topological polar surface area (TPSA) is 88.5 Å². The number of benzene rings is 2. The Morgan fingerprint density at radius 2 is 1.73 bits per heavy atom. The molecule has 0 spiro atoms. The number of carbonyl (C=O) groups is 1. The van der Waals surface area contributed by atoms with Crippen LogP contribution in [0.25, 0.3) is 0 Å². The molecular formula is C26H35NO6. The first-order valence-corrected chi connectivity index (χ1v) is 11.7. The van der Waals surface area contributed by atoms with Crippen LogP contribution in [0.2, 0.25) is 0 Å². The standard InChI is InChI=1S/C26H35NO6/c1-19(2)33-25(26(29)30)16-20-9-8-10-22(15-20)31-17-21(28)18-32-24-12-5-4-11-23(24)27-13-6-3-7-14-27/h4-5,8-12,15,19,21,25,28H,3,6-7,13-14,16-18H2,1-2H3,(H,29,30). The van der Waals surface area contributed by atoms with Crippen LogP contribution in [0.3, 0.4) is 0 Å². The van der Waals surface area contributed by atoms with E-state index in [-0.39, 0.29) is 25.7 Å². The molecule has 2 unspecified atom stereocenters. The second-order valence-electron chi connectivity index (χ2n) is 8.65. The van der Waals surface area contributed by atoms with Gasteiger partial charge in [0.05, 0.1) is 11.8 Å². The number of aliphatic hydroxyl groups excluding tert-OH is 1. The summed E-state index contributed by atoms with van der Waals surface area (Å²) in [6, 6.07) is 15.1. The van der Waals surface area contributed by atoms with Crippen molar-refractivity contribution in [3.05, 3.63) is 54.1 Å². The summed E-state index contributed by atoms with van der Waals surface area (Å²) in [6.45, 7) is 5.85. The molecule has 3 rings (SSSR count). The van der Waals surface area contributed by atoms with Crippen molar-refractivity contribution < 1.29 is 29.2 Å². The lowest BCUT2D eigenvalue weighted by molar-refractivity contribution is -0.153. The molecular weight excluding hydrogens is 422 g/mol. The summed E-state index contributed by atoms with van der Waals surface area (Å²) >= 11 is 0. The average Bonchev–Trinajstić information content (AvgIpc) is 2.81. The maximum atomic E-state index is 11.4. The fraction of sp³-hybridized carbons (Fsp3) is 0.500. The number of hydrogen-bond donors (Lipinski definition) is 2. The van der Waals surface area contributed by atoms with Crippen LogP contribution < -0.4 is 14.4 Å². The lowest BCUT2D eigenvalue weighted by Crippen LogP contribution is -2.30. The van der Waals surface area contributed by atoms with Crippen molar-refractivity contribution in [1.29, 1.82) is 0 Å². The van der Waals surface area contributed by atoms with E-state index in [2.05, 4.69) is 11.0 Å². The summed E-state index contributed by atoms with van der Waals surface area (Å²) in [5, 5.41) is 19.8. The van der Waals surface area contributed by atoms with Crippen molar-refractivity contribution >= 4 is 11.7 Å². The van der Waals surface area contributed by atoms with Gasteiger partial charge in [-0.1, -0.05) is 24.3 Å². The van der Waals surface area contributed by atoms with E-state index in [0.717, 1.165) is 30.1 Å². The van der Waals surface area contributed by atoms with Gasteiger partial charge in [0.25, 0.3) is 0 Å². The number of aliphatic hydroxyl groups is 1. The van der Waals surface area contributed by atoms with Gasteiger partial charge in [-0.2, -0.15) is 0 Å². The Labute approximate surface area is 195 Å². The molecule has 2 N–H and O–H groups in total. The Morgan fingerprint density at radius 3 is 2.45 bits per heavy atom. The number of carboxylic acid groups (broad SMARTS) is 1. The second-order valence-corrected chi connectivity index (χ2v) is 8.65. The highest BCUT2D eigenvalue weighted by atomic mass is 16.5. The number of carboxylic acids is 1. The third kappa shape index (κ3) is 7.94. The van der Waals surface area contributed by atoms with Crippen molar-refractivity contribution in [2.24, 2.45) is 0 Å². The molecule has 0 aromatic heterocycles. The van der Waals surface area contributed by atoms with Crippen molar-refractivity contribution in [3.63, 3.8) is 0 Å². The highest BCUT2D eigenvalue weighted by Crippen LogP contribution is 2.30. The number of nitrogens with zero attached hydrogens (tertiary/aromatic N) is 1. The maximum absolute atomic E-state index is 11.4. The summed E-state index contributed by atoms with van der Waals surface area (Å²) in [4.78, 5) is 13.8. The number of anilines is 1. The zero-order valence-electron chi connectivity index (χ0n) is 19.5. The molecule has 1 heterocycles. The monoisotopic (exact) mass is 457 g/mol. The predicted octanol–water partition coefficient (Wildman–Crippen LogP) is 3.92. The third-order valence-corrected chi connectivity index (χ3v) is 5.47. The summed E-state index contributed by atoms with van der Waals surface area (Å²) < 4.78 is 17.1. The molecule has 0 saturated carbocycles. The fourth-order valence-electron chi connectivity index (χ4n) is 3.90. The largest absolute Gasteiger partial charge is 0.491 e. The van der Waals surface area contributed by atoms with E-state index < -0.39 is 18.2 Å². The van der Waals surface area contributed by atoms with Crippen LogP contribution >= 0.6 is 0 Å². The van der Waals surface area contributed by atoms with Gasteiger partial charge in [0.15, 0.2) is 6.10 Å². The molecule has 1 aliphatic heterocycles. The second kappa shape index (κ2) is 12.5. The van der Waals surface area contributed by atoms with Crippen molar-refractivity contribution in [2.45, 2.75) is 57.8 Å². The number of para-hydroxylation sites is 2. The predicted molar refractivity (Wildman–Crippen MR) is 127 cm³/mol. The van der Waals surface area contributed by atoms with Crippen LogP contribution in [-0.2, 0) is 16.0 Å². The molecule has 0 aliphatic carbocycles. The number of rotatable bonds is 12. The molecule has 180 valence electrons. The van der Waals surface area contributed by atoms with E-state index in [0.29, 0.717) is 5.75 Å². The molecule has 0 bridgehead atoms. The van der Waals surface area contributed by atoms with E-state index in [1.165, 1.54) is 19.3 Å². The van der Waals surface area contributed by atoms with Crippen LogP contribution in [0.1, 0.15) is 38.7 Å². The summed E-state index contributed by atoms with van der Waals surface area (Å²) in [7, 11) is 0. The molecule has 7 nitrogen and oxygen atoms in total. The Kier molecular flexibility index (Phi) is 9.39. The number of piperidine rings is 1. The van der Waals surface area contributed by atoms with Gasteiger partial charge >= 0.3 is 5.97 Å². The molecule has 1 saturated heterocycles. The minimum absolute atomic E-state index is 0.0696. The van der Waals surface area contributed by atoms with Gasteiger partial charge in [0, 0.05) is 19.5 Å². The highest BCUT2D eigenvalue weighted by Gasteiger charge is 2.20. The van der Waals surface area contributed by atoms with Crippen LogP contribution in [0.5, 0.6) is 11.5 Å². The number of aliphatic carboxylic acids is 1. The van der Waals surface area contributed by atoms with Crippen LogP contribution in [-0.4, -0.2) is 60.8 Å². The molecule has 0 amide bonds. The molecule has 2 aromatic carbocycles. The van der Waals surface area contributed by atoms with E-state index in [9.17, 15) is 15.0 Å². The van der Waals surface area contributed by atoms with Gasteiger partial charge in [-0.05, 0) is 62.9 Å². The van der Waals surface area contributed by atoms with Crippen molar-refractivity contribution in [1.82, 2.24) is 0 Å². The van der Waals surface area contributed by atoms with Crippen LogP contribution in [0.15, 0.2) is 48.5 Å². The molecule has 2 aromatic rings. The first kappa shape index (κ1) is 24.9. The van der Waals surface area contributed by atoms with Gasteiger partial charge in [-0.15, -0.1) is 0 Å². The molecule has 1 aliphatic rings. The van der Waals surface area contributed by atoms with Crippen molar-refractivity contribution in [2.75, 3.05) is 31.2 Å². The Bertz CT molecular complexity index is 881. The first-order valence-electron chi connectivity index (χ1n) is 11.7. The Hall–Kier alpha value is -2.77. The van der Waals surface area contributed by atoms with E-state index >= 15 is 0 Å². The van der Waals surface area contributed by atoms with Gasteiger partial charge < -0.3 is 29.3 Å². The molecule has 7 heteroatoms. The van der Waals surface area contributed by atoms with Gasteiger partial charge in [0.2, 0.25) is 0 Å². The number of ether oxygens (including phenoxy) is 3. The summed E-state index contributed by atoms with van der Waals surface area (Å²) in [6.07, 6.45) is 1.96. The minimum atomic E-state index is -0.993. The average molecular weight is 458 g/mol. The zero-order chi connectivity index (χ0) is 23.6. The summed E-state index contributed by atoms with van der Waals surface area (Å²) in [5.41, 5.74) is 1.86. The van der Waals surface area contributed by atoms with E-state index in [4.69, 9.17) is 14.2 Å². The van der Waals surface area contributed by atoms with Gasteiger partial charge in [0.1, 0.15) is 30.8 Å². The normalized spacial score (nSPS) is 15.8.